The number of rotatable bonds is 7. The predicted molar refractivity (Wildman–Crippen MR) is 110 cm³/mol. The minimum atomic E-state index is -0.356. The van der Waals surface area contributed by atoms with Crippen LogP contribution in [0.15, 0.2) is 28.7 Å². The van der Waals surface area contributed by atoms with E-state index in [9.17, 15) is 4.79 Å². The summed E-state index contributed by atoms with van der Waals surface area (Å²) in [5.74, 6) is 1.80. The van der Waals surface area contributed by atoms with Gasteiger partial charge in [0.15, 0.2) is 27.6 Å². The molecular weight excluding hydrogens is 398 g/mol. The summed E-state index contributed by atoms with van der Waals surface area (Å²) in [5, 5.41) is 14.1. The Morgan fingerprint density at radius 2 is 2.00 bits per heavy atom. The summed E-state index contributed by atoms with van der Waals surface area (Å²) in [4.78, 5) is 16.7. The Morgan fingerprint density at radius 3 is 2.64 bits per heavy atom. The number of hydrogen-bond acceptors (Lipinski definition) is 8. The Kier molecular flexibility index (Phi) is 6.20. The smallest absolute Gasteiger partial charge is 0.239 e. The number of ether oxygens (including phenoxy) is 2. The molecule has 0 unspecified atom stereocenters. The fourth-order valence-electron chi connectivity index (χ4n) is 2.47. The second kappa shape index (κ2) is 8.61. The largest absolute Gasteiger partial charge is 0.493 e. The second-order valence-corrected chi connectivity index (χ2v) is 8.14. The average molecular weight is 420 g/mol. The molecule has 0 radical (unpaired) electrons. The molecule has 1 amide bonds. The first-order chi connectivity index (χ1) is 13.4. The van der Waals surface area contributed by atoms with Gasteiger partial charge in [0.2, 0.25) is 5.91 Å². The highest BCUT2D eigenvalue weighted by Gasteiger charge is 2.20. The fourth-order valence-corrected chi connectivity index (χ4v) is 3.98. The quantitative estimate of drug-likeness (QED) is 0.587. The van der Waals surface area contributed by atoms with E-state index in [2.05, 4.69) is 20.5 Å². The normalized spacial score (nSPS) is 11.9. The van der Waals surface area contributed by atoms with E-state index in [0.29, 0.717) is 27.6 Å². The number of aromatic nitrogens is 4. The average Bonchev–Trinajstić information content (AvgIpc) is 3.26. The van der Waals surface area contributed by atoms with Gasteiger partial charge in [0.05, 0.1) is 25.2 Å². The van der Waals surface area contributed by atoms with Gasteiger partial charge in [-0.1, -0.05) is 11.8 Å². The number of methoxy groups -OCH3 is 2. The number of hydrogen-bond donors (Lipinski definition) is 1. The van der Waals surface area contributed by atoms with Crippen LogP contribution in [-0.4, -0.2) is 45.1 Å². The van der Waals surface area contributed by atoms with Gasteiger partial charge >= 0.3 is 0 Å². The van der Waals surface area contributed by atoms with Crippen molar-refractivity contribution in [2.75, 3.05) is 19.5 Å². The summed E-state index contributed by atoms with van der Waals surface area (Å²) < 4.78 is 12.5. The minimum Gasteiger partial charge on any atom is -0.493 e. The van der Waals surface area contributed by atoms with Crippen molar-refractivity contribution < 1.29 is 14.3 Å². The lowest BCUT2D eigenvalue weighted by Crippen LogP contribution is -2.22. The van der Waals surface area contributed by atoms with Gasteiger partial charge < -0.3 is 19.4 Å². The lowest BCUT2D eigenvalue weighted by molar-refractivity contribution is -0.115. The third-order valence-electron chi connectivity index (χ3n) is 3.98. The number of benzene rings is 1. The van der Waals surface area contributed by atoms with Crippen LogP contribution in [0.25, 0.3) is 11.4 Å². The molecule has 3 rings (SSSR count). The van der Waals surface area contributed by atoms with Crippen LogP contribution < -0.4 is 14.8 Å². The molecule has 2 aromatic heterocycles. The van der Waals surface area contributed by atoms with Gasteiger partial charge in [0.25, 0.3) is 0 Å². The van der Waals surface area contributed by atoms with Gasteiger partial charge in [-0.3, -0.25) is 4.79 Å². The van der Waals surface area contributed by atoms with Crippen LogP contribution in [0.1, 0.15) is 12.6 Å². The summed E-state index contributed by atoms with van der Waals surface area (Å²) in [6.45, 7) is 3.71. The van der Waals surface area contributed by atoms with Crippen molar-refractivity contribution in [3.63, 3.8) is 0 Å². The van der Waals surface area contributed by atoms with E-state index in [1.165, 1.54) is 23.1 Å². The minimum absolute atomic E-state index is 0.130. The van der Waals surface area contributed by atoms with Gasteiger partial charge in [0.1, 0.15) is 0 Å². The third kappa shape index (κ3) is 4.28. The van der Waals surface area contributed by atoms with E-state index in [1.54, 1.807) is 14.2 Å². The van der Waals surface area contributed by atoms with Crippen LogP contribution in [0, 0.1) is 6.92 Å². The number of carbonyl (C=O) groups is 1. The lowest BCUT2D eigenvalue weighted by Gasteiger charge is -2.11. The molecule has 28 heavy (non-hydrogen) atoms. The van der Waals surface area contributed by atoms with Gasteiger partial charge in [-0.2, -0.15) is 0 Å². The molecule has 1 aromatic carbocycles. The number of carbonyl (C=O) groups excluding carboxylic acids is 1. The van der Waals surface area contributed by atoms with E-state index in [0.717, 1.165) is 11.3 Å². The van der Waals surface area contributed by atoms with Crippen molar-refractivity contribution in [3.8, 4) is 22.9 Å². The third-order valence-corrected chi connectivity index (χ3v) is 5.99. The van der Waals surface area contributed by atoms with Crippen LogP contribution in [0.3, 0.4) is 0 Å². The first-order valence-corrected chi connectivity index (χ1v) is 10.2. The van der Waals surface area contributed by atoms with Crippen LogP contribution in [0.2, 0.25) is 0 Å². The SMILES string of the molecule is COc1ccc(-c2nnc(S[C@@H](C)C(=O)Nc3nc(C)cs3)n2C)cc1OC. The Hall–Kier alpha value is -2.59. The number of nitrogens with zero attached hydrogens (tertiary/aromatic N) is 4. The summed E-state index contributed by atoms with van der Waals surface area (Å²) in [5.41, 5.74) is 1.73. The maximum absolute atomic E-state index is 12.4. The second-order valence-electron chi connectivity index (χ2n) is 5.98. The molecule has 1 atom stereocenters. The highest BCUT2D eigenvalue weighted by Crippen LogP contribution is 2.33. The zero-order valence-corrected chi connectivity index (χ0v) is 17.8. The topological polar surface area (TPSA) is 91.2 Å². The molecule has 2 heterocycles. The zero-order chi connectivity index (χ0) is 20.3. The van der Waals surface area contributed by atoms with Gasteiger partial charge in [-0.15, -0.1) is 21.5 Å². The summed E-state index contributed by atoms with van der Waals surface area (Å²) in [6, 6.07) is 5.56. The first-order valence-electron chi connectivity index (χ1n) is 8.44. The highest BCUT2D eigenvalue weighted by molar-refractivity contribution is 8.00. The fraction of sp³-hybridized carbons (Fsp3) is 0.333. The highest BCUT2D eigenvalue weighted by atomic mass is 32.2. The Balaban J connectivity index is 1.74. The van der Waals surface area contributed by atoms with Crippen LogP contribution in [-0.2, 0) is 11.8 Å². The number of thioether (sulfide) groups is 1. The van der Waals surface area contributed by atoms with Crippen molar-refractivity contribution in [3.05, 3.63) is 29.3 Å². The first kappa shape index (κ1) is 20.2. The van der Waals surface area contributed by atoms with E-state index in [1.807, 2.05) is 49.0 Å². The molecule has 1 N–H and O–H groups in total. The predicted octanol–water partition coefficient (Wildman–Crippen LogP) is 3.38. The van der Waals surface area contributed by atoms with E-state index in [-0.39, 0.29) is 11.2 Å². The molecule has 8 nitrogen and oxygen atoms in total. The van der Waals surface area contributed by atoms with Crippen molar-refractivity contribution >= 4 is 34.1 Å². The molecule has 0 aliphatic heterocycles. The molecule has 0 saturated carbocycles. The van der Waals surface area contributed by atoms with Crippen LogP contribution >= 0.6 is 23.1 Å². The van der Waals surface area contributed by atoms with Crippen molar-refractivity contribution in [1.82, 2.24) is 19.7 Å². The Labute approximate surface area is 171 Å². The number of nitrogens with one attached hydrogen (secondary N) is 1. The van der Waals surface area contributed by atoms with Crippen molar-refractivity contribution in [2.45, 2.75) is 24.3 Å². The molecule has 0 aliphatic rings. The Bertz CT molecular complexity index is 986. The van der Waals surface area contributed by atoms with Gasteiger partial charge in [-0.25, -0.2) is 4.98 Å². The zero-order valence-electron chi connectivity index (χ0n) is 16.2. The summed E-state index contributed by atoms with van der Waals surface area (Å²) in [6.07, 6.45) is 0. The van der Waals surface area contributed by atoms with E-state index >= 15 is 0 Å². The maximum Gasteiger partial charge on any atom is 0.239 e. The number of anilines is 1. The molecule has 148 valence electrons. The molecule has 0 bridgehead atoms. The van der Waals surface area contributed by atoms with Crippen LogP contribution in [0.5, 0.6) is 11.5 Å². The molecular formula is C18H21N5O3S2. The lowest BCUT2D eigenvalue weighted by atomic mass is 10.2. The standard InChI is InChI=1S/C18H21N5O3S2/c1-10-9-27-17(19-10)20-16(24)11(2)28-18-22-21-15(23(18)3)12-6-7-13(25-4)14(8-12)26-5/h6-9,11H,1-5H3,(H,19,20,24)/t11-/m0/s1. The molecule has 0 fully saturated rings. The number of thiazole rings is 1. The van der Waals surface area contributed by atoms with Crippen LogP contribution in [0.4, 0.5) is 5.13 Å². The van der Waals surface area contributed by atoms with Gasteiger partial charge in [-0.05, 0) is 32.0 Å². The summed E-state index contributed by atoms with van der Waals surface area (Å²) in [7, 11) is 5.04. The summed E-state index contributed by atoms with van der Waals surface area (Å²) >= 11 is 2.74. The van der Waals surface area contributed by atoms with Gasteiger partial charge in [0, 0.05) is 18.0 Å². The molecule has 0 spiro atoms. The number of amides is 1. The van der Waals surface area contributed by atoms with Crippen molar-refractivity contribution in [2.24, 2.45) is 7.05 Å². The molecule has 0 saturated heterocycles. The molecule has 0 aliphatic carbocycles. The van der Waals surface area contributed by atoms with E-state index < -0.39 is 0 Å². The van der Waals surface area contributed by atoms with Crippen molar-refractivity contribution in [1.29, 1.82) is 0 Å². The maximum atomic E-state index is 12.4. The molecule has 10 heteroatoms. The Morgan fingerprint density at radius 1 is 1.25 bits per heavy atom. The number of aryl methyl sites for hydroxylation is 1. The molecule has 3 aromatic rings. The van der Waals surface area contributed by atoms with E-state index in [4.69, 9.17) is 9.47 Å². The monoisotopic (exact) mass is 419 g/mol.